The van der Waals surface area contributed by atoms with E-state index >= 15 is 0 Å². The molecule has 2 heterocycles. The molecule has 0 fully saturated rings. The first-order chi connectivity index (χ1) is 9.81. The zero-order valence-electron chi connectivity index (χ0n) is 11.5. The molecular formula is C15H13F2NO3. The van der Waals surface area contributed by atoms with Gasteiger partial charge in [0.05, 0.1) is 11.3 Å². The van der Waals surface area contributed by atoms with Gasteiger partial charge in [0.15, 0.2) is 11.6 Å². The van der Waals surface area contributed by atoms with Crippen LogP contribution in [0.25, 0.3) is 0 Å². The van der Waals surface area contributed by atoms with Gasteiger partial charge in [-0.1, -0.05) is 12.1 Å². The molecule has 0 bridgehead atoms. The third-order valence-electron chi connectivity index (χ3n) is 3.80. The standard InChI is InChI=1S/C15H13F2NO3/c1-15(2)13-11(14(20)21-15)8(6-10(19)18-13)7-4-3-5-9(16)12(7)17/h3-5,8H,6H2,1-2H3,(H,18,19)/t8-/m1/s1. The molecule has 6 heteroatoms. The molecule has 1 atom stereocenters. The van der Waals surface area contributed by atoms with Crippen molar-refractivity contribution in [3.63, 3.8) is 0 Å². The molecule has 0 unspecified atom stereocenters. The highest BCUT2D eigenvalue weighted by atomic mass is 19.2. The summed E-state index contributed by atoms with van der Waals surface area (Å²) in [7, 11) is 0. The number of amides is 1. The molecule has 2 aliphatic heterocycles. The quantitative estimate of drug-likeness (QED) is 0.807. The average Bonchev–Trinajstić information content (AvgIpc) is 2.62. The van der Waals surface area contributed by atoms with Gasteiger partial charge in [0.1, 0.15) is 5.60 Å². The van der Waals surface area contributed by atoms with Crippen molar-refractivity contribution in [3.05, 3.63) is 46.7 Å². The van der Waals surface area contributed by atoms with Crippen molar-refractivity contribution in [1.82, 2.24) is 5.32 Å². The van der Waals surface area contributed by atoms with Crippen LogP contribution < -0.4 is 5.32 Å². The summed E-state index contributed by atoms with van der Waals surface area (Å²) >= 11 is 0. The van der Waals surface area contributed by atoms with Crippen molar-refractivity contribution >= 4 is 11.9 Å². The fraction of sp³-hybridized carbons (Fsp3) is 0.333. The van der Waals surface area contributed by atoms with Gasteiger partial charge in [-0.05, 0) is 25.5 Å². The van der Waals surface area contributed by atoms with Gasteiger partial charge in [0.2, 0.25) is 5.91 Å². The van der Waals surface area contributed by atoms with E-state index in [1.807, 2.05) is 0 Å². The number of esters is 1. The minimum Gasteiger partial charge on any atom is -0.450 e. The number of hydrogen-bond acceptors (Lipinski definition) is 3. The van der Waals surface area contributed by atoms with Crippen LogP contribution in [-0.4, -0.2) is 17.5 Å². The lowest BCUT2D eigenvalue weighted by Crippen LogP contribution is -2.38. The molecule has 0 saturated carbocycles. The Labute approximate surface area is 119 Å². The van der Waals surface area contributed by atoms with Gasteiger partial charge in [-0.15, -0.1) is 0 Å². The second kappa shape index (κ2) is 4.38. The molecule has 0 radical (unpaired) electrons. The molecule has 0 aromatic heterocycles. The number of halogens is 2. The Bertz CT molecular complexity index is 694. The van der Waals surface area contributed by atoms with Gasteiger partial charge in [0, 0.05) is 12.3 Å². The van der Waals surface area contributed by atoms with Crippen molar-refractivity contribution < 1.29 is 23.1 Å². The number of rotatable bonds is 1. The summed E-state index contributed by atoms with van der Waals surface area (Å²) in [5.74, 6) is -3.84. The lowest BCUT2D eigenvalue weighted by molar-refractivity contribution is -0.144. The van der Waals surface area contributed by atoms with E-state index in [2.05, 4.69) is 5.32 Å². The van der Waals surface area contributed by atoms with E-state index in [4.69, 9.17) is 4.74 Å². The summed E-state index contributed by atoms with van der Waals surface area (Å²) in [6, 6.07) is 3.73. The SMILES string of the molecule is CC1(C)OC(=O)C2=C1NC(=O)C[C@@H]2c1cccc(F)c1F. The van der Waals surface area contributed by atoms with Crippen LogP contribution in [0, 0.1) is 11.6 Å². The number of cyclic esters (lactones) is 1. The van der Waals surface area contributed by atoms with E-state index < -0.39 is 29.1 Å². The van der Waals surface area contributed by atoms with Gasteiger partial charge < -0.3 is 10.1 Å². The molecule has 0 aliphatic carbocycles. The maximum absolute atomic E-state index is 14.0. The second-order valence-corrected chi connectivity index (χ2v) is 5.64. The maximum Gasteiger partial charge on any atom is 0.337 e. The monoisotopic (exact) mass is 293 g/mol. The highest BCUT2D eigenvalue weighted by Crippen LogP contribution is 2.43. The number of carbonyl (C=O) groups excluding carboxylic acids is 2. The Kier molecular flexibility index (Phi) is 2.86. The molecule has 110 valence electrons. The normalized spacial score (nSPS) is 23.7. The summed E-state index contributed by atoms with van der Waals surface area (Å²) in [6.07, 6.45) is -0.121. The van der Waals surface area contributed by atoms with Crippen molar-refractivity contribution in [1.29, 1.82) is 0 Å². The zero-order valence-corrected chi connectivity index (χ0v) is 11.5. The molecule has 2 aliphatic rings. The van der Waals surface area contributed by atoms with Crippen molar-refractivity contribution in [3.8, 4) is 0 Å². The molecule has 1 N–H and O–H groups in total. The molecule has 4 nitrogen and oxygen atoms in total. The molecule has 1 amide bonds. The Morgan fingerprint density at radius 2 is 2.00 bits per heavy atom. The fourth-order valence-corrected chi connectivity index (χ4v) is 2.83. The number of ether oxygens (including phenoxy) is 1. The topological polar surface area (TPSA) is 55.4 Å². The number of hydrogen-bond donors (Lipinski definition) is 1. The van der Waals surface area contributed by atoms with Crippen molar-refractivity contribution in [2.75, 3.05) is 0 Å². The minimum atomic E-state index is -1.04. The summed E-state index contributed by atoms with van der Waals surface area (Å²) < 4.78 is 32.6. The zero-order chi connectivity index (χ0) is 15.4. The number of carbonyl (C=O) groups is 2. The van der Waals surface area contributed by atoms with Crippen LogP contribution in [0.3, 0.4) is 0 Å². The van der Waals surface area contributed by atoms with Gasteiger partial charge in [-0.3, -0.25) is 4.79 Å². The lowest BCUT2D eigenvalue weighted by atomic mass is 9.82. The predicted molar refractivity (Wildman–Crippen MR) is 69.1 cm³/mol. The van der Waals surface area contributed by atoms with Crippen LogP contribution in [0.15, 0.2) is 29.5 Å². The summed E-state index contributed by atoms with van der Waals surface area (Å²) in [6.45, 7) is 3.27. The summed E-state index contributed by atoms with van der Waals surface area (Å²) in [4.78, 5) is 23.9. The average molecular weight is 293 g/mol. The fourth-order valence-electron chi connectivity index (χ4n) is 2.83. The van der Waals surface area contributed by atoms with E-state index in [1.54, 1.807) is 13.8 Å². The second-order valence-electron chi connectivity index (χ2n) is 5.64. The summed E-state index contributed by atoms with van der Waals surface area (Å²) in [5.41, 5.74) is -0.460. The molecular weight excluding hydrogens is 280 g/mol. The summed E-state index contributed by atoms with van der Waals surface area (Å²) in [5, 5.41) is 2.61. The molecule has 1 aromatic rings. The van der Waals surface area contributed by atoms with Crippen LogP contribution in [0.2, 0.25) is 0 Å². The first kappa shape index (κ1) is 13.7. The Balaban J connectivity index is 2.18. The molecule has 21 heavy (non-hydrogen) atoms. The number of nitrogens with one attached hydrogen (secondary N) is 1. The highest BCUT2D eigenvalue weighted by molar-refractivity contribution is 5.99. The molecule has 0 spiro atoms. The van der Waals surface area contributed by atoms with Crippen LogP contribution in [0.4, 0.5) is 8.78 Å². The van der Waals surface area contributed by atoms with Crippen molar-refractivity contribution in [2.24, 2.45) is 0 Å². The first-order valence-electron chi connectivity index (χ1n) is 6.53. The predicted octanol–water partition coefficient (Wildman–Crippen LogP) is 2.16. The van der Waals surface area contributed by atoms with Crippen LogP contribution in [0.1, 0.15) is 31.7 Å². The van der Waals surface area contributed by atoms with E-state index in [0.29, 0.717) is 5.70 Å². The Hall–Kier alpha value is -2.24. The van der Waals surface area contributed by atoms with E-state index in [0.717, 1.165) is 6.07 Å². The van der Waals surface area contributed by atoms with Crippen LogP contribution in [0.5, 0.6) is 0 Å². The third-order valence-corrected chi connectivity index (χ3v) is 3.80. The van der Waals surface area contributed by atoms with E-state index in [-0.39, 0.29) is 23.5 Å². The third kappa shape index (κ3) is 2.02. The van der Waals surface area contributed by atoms with Crippen LogP contribution >= 0.6 is 0 Å². The molecule has 1 aromatic carbocycles. The van der Waals surface area contributed by atoms with Gasteiger partial charge in [0.25, 0.3) is 0 Å². The van der Waals surface area contributed by atoms with Crippen molar-refractivity contribution in [2.45, 2.75) is 31.8 Å². The minimum absolute atomic E-state index is 0.00741. The largest absolute Gasteiger partial charge is 0.450 e. The lowest BCUT2D eigenvalue weighted by Gasteiger charge is -2.27. The van der Waals surface area contributed by atoms with Crippen LogP contribution in [-0.2, 0) is 14.3 Å². The molecule has 3 rings (SSSR count). The van der Waals surface area contributed by atoms with Gasteiger partial charge >= 0.3 is 5.97 Å². The maximum atomic E-state index is 14.0. The molecule has 0 saturated heterocycles. The Morgan fingerprint density at radius 1 is 1.29 bits per heavy atom. The Morgan fingerprint density at radius 3 is 2.71 bits per heavy atom. The number of benzene rings is 1. The van der Waals surface area contributed by atoms with Gasteiger partial charge in [-0.25, -0.2) is 13.6 Å². The first-order valence-corrected chi connectivity index (χ1v) is 6.53. The van der Waals surface area contributed by atoms with E-state index in [1.165, 1.54) is 12.1 Å². The van der Waals surface area contributed by atoms with Gasteiger partial charge in [-0.2, -0.15) is 0 Å². The highest BCUT2D eigenvalue weighted by Gasteiger charge is 2.48. The smallest absolute Gasteiger partial charge is 0.337 e. The van der Waals surface area contributed by atoms with E-state index in [9.17, 15) is 18.4 Å².